The van der Waals surface area contributed by atoms with Crippen LogP contribution in [0.4, 0.5) is 5.69 Å². The third-order valence-electron chi connectivity index (χ3n) is 2.97. The molecule has 4 nitrogen and oxygen atoms in total. The summed E-state index contributed by atoms with van der Waals surface area (Å²) in [5.74, 6) is 0. The Kier molecular flexibility index (Phi) is 4.93. The molecular formula is C14H14BrClN2O2S. The van der Waals surface area contributed by atoms with Gasteiger partial charge in [-0.05, 0) is 58.2 Å². The van der Waals surface area contributed by atoms with Gasteiger partial charge in [0.05, 0.1) is 5.69 Å². The van der Waals surface area contributed by atoms with E-state index in [2.05, 4.69) is 20.7 Å². The molecule has 0 aliphatic carbocycles. The minimum absolute atomic E-state index is 0.152. The summed E-state index contributed by atoms with van der Waals surface area (Å²) < 4.78 is 28.0. The van der Waals surface area contributed by atoms with Crippen molar-refractivity contribution < 1.29 is 8.42 Å². The minimum atomic E-state index is -3.70. The Morgan fingerprint density at radius 1 is 1.24 bits per heavy atom. The van der Waals surface area contributed by atoms with Gasteiger partial charge in [-0.15, -0.1) is 0 Å². The van der Waals surface area contributed by atoms with Crippen LogP contribution in [-0.2, 0) is 16.6 Å². The highest BCUT2D eigenvalue weighted by Gasteiger charge is 2.19. The van der Waals surface area contributed by atoms with Gasteiger partial charge in [0.25, 0.3) is 10.0 Å². The second kappa shape index (κ2) is 6.36. The highest BCUT2D eigenvalue weighted by molar-refractivity contribution is 9.10. The van der Waals surface area contributed by atoms with Crippen LogP contribution >= 0.6 is 27.5 Å². The molecule has 0 spiro atoms. The normalized spacial score (nSPS) is 11.4. The summed E-state index contributed by atoms with van der Waals surface area (Å²) in [5, 5.41) is 0.468. The van der Waals surface area contributed by atoms with Crippen LogP contribution in [0.25, 0.3) is 0 Å². The summed E-state index contributed by atoms with van der Waals surface area (Å²) in [6.07, 6.45) is 0. The number of aryl methyl sites for hydroxylation is 1. The fourth-order valence-electron chi connectivity index (χ4n) is 1.79. The SMILES string of the molecule is Cc1ccc(Cl)cc1NS(=O)(=O)c1ccc(CN)cc1Br. The number of anilines is 1. The van der Waals surface area contributed by atoms with Gasteiger partial charge >= 0.3 is 0 Å². The summed E-state index contributed by atoms with van der Waals surface area (Å²) in [6.45, 7) is 2.15. The molecule has 0 fully saturated rings. The molecule has 2 aromatic carbocycles. The van der Waals surface area contributed by atoms with E-state index in [1.54, 1.807) is 37.3 Å². The predicted molar refractivity (Wildman–Crippen MR) is 89.0 cm³/mol. The van der Waals surface area contributed by atoms with E-state index >= 15 is 0 Å². The number of nitrogens with one attached hydrogen (secondary N) is 1. The maximum Gasteiger partial charge on any atom is 0.263 e. The molecule has 3 N–H and O–H groups in total. The maximum atomic E-state index is 12.5. The molecule has 0 saturated carbocycles. The van der Waals surface area contributed by atoms with Gasteiger partial charge in [-0.25, -0.2) is 8.42 Å². The van der Waals surface area contributed by atoms with Crippen LogP contribution in [0, 0.1) is 6.92 Å². The van der Waals surface area contributed by atoms with Gasteiger partial charge < -0.3 is 5.73 Å². The van der Waals surface area contributed by atoms with Crippen molar-refractivity contribution in [1.82, 2.24) is 0 Å². The first-order valence-corrected chi connectivity index (χ1v) is 8.76. The third-order valence-corrected chi connectivity index (χ3v) is 5.54. The van der Waals surface area contributed by atoms with Crippen molar-refractivity contribution in [2.45, 2.75) is 18.4 Å². The van der Waals surface area contributed by atoms with E-state index in [0.717, 1.165) is 11.1 Å². The molecule has 0 aliphatic rings. The maximum absolute atomic E-state index is 12.5. The fourth-order valence-corrected chi connectivity index (χ4v) is 4.21. The molecule has 0 atom stereocenters. The van der Waals surface area contributed by atoms with Crippen molar-refractivity contribution in [3.63, 3.8) is 0 Å². The number of halogens is 2. The summed E-state index contributed by atoms with van der Waals surface area (Å²) in [4.78, 5) is 0.152. The largest absolute Gasteiger partial charge is 0.326 e. The summed E-state index contributed by atoms with van der Waals surface area (Å²) in [5.41, 5.74) is 7.63. The van der Waals surface area contributed by atoms with Gasteiger partial charge in [0.2, 0.25) is 0 Å². The van der Waals surface area contributed by atoms with Crippen LogP contribution in [0.3, 0.4) is 0 Å². The zero-order chi connectivity index (χ0) is 15.6. The lowest BCUT2D eigenvalue weighted by atomic mass is 10.2. The lowest BCUT2D eigenvalue weighted by Gasteiger charge is -2.12. The second-order valence-corrected chi connectivity index (χ2v) is 7.48. The van der Waals surface area contributed by atoms with Crippen molar-refractivity contribution in [3.05, 3.63) is 57.0 Å². The smallest absolute Gasteiger partial charge is 0.263 e. The Balaban J connectivity index is 2.41. The molecule has 2 rings (SSSR count). The Labute approximate surface area is 137 Å². The highest BCUT2D eigenvalue weighted by atomic mass is 79.9. The van der Waals surface area contributed by atoms with Crippen molar-refractivity contribution >= 4 is 43.2 Å². The zero-order valence-electron chi connectivity index (χ0n) is 11.2. The molecule has 0 saturated heterocycles. The van der Waals surface area contributed by atoms with Crippen LogP contribution < -0.4 is 10.5 Å². The van der Waals surface area contributed by atoms with Crippen LogP contribution in [0.2, 0.25) is 5.02 Å². The molecule has 0 bridgehead atoms. The number of rotatable bonds is 4. The van der Waals surface area contributed by atoms with Crippen LogP contribution in [0.5, 0.6) is 0 Å². The summed E-state index contributed by atoms with van der Waals surface area (Å²) in [7, 11) is -3.70. The van der Waals surface area contributed by atoms with Crippen molar-refractivity contribution in [3.8, 4) is 0 Å². The predicted octanol–water partition coefficient (Wildman–Crippen LogP) is 3.67. The van der Waals surface area contributed by atoms with Gasteiger partial charge in [0.15, 0.2) is 0 Å². The van der Waals surface area contributed by atoms with Gasteiger partial charge in [-0.3, -0.25) is 4.72 Å². The Bertz CT molecular complexity index is 779. The van der Waals surface area contributed by atoms with E-state index in [1.165, 1.54) is 6.07 Å². The molecule has 0 radical (unpaired) electrons. The zero-order valence-corrected chi connectivity index (χ0v) is 14.4. The van der Waals surface area contributed by atoms with Crippen molar-refractivity contribution in [2.24, 2.45) is 5.73 Å². The highest BCUT2D eigenvalue weighted by Crippen LogP contribution is 2.27. The summed E-state index contributed by atoms with van der Waals surface area (Å²) in [6, 6.07) is 9.95. The van der Waals surface area contributed by atoms with E-state index in [0.29, 0.717) is 21.7 Å². The Hall–Kier alpha value is -1.08. The molecule has 0 unspecified atom stereocenters. The standard InChI is InChI=1S/C14H14BrClN2O2S/c1-9-2-4-11(16)7-13(9)18-21(19,20)14-5-3-10(8-17)6-12(14)15/h2-7,18H,8,17H2,1H3. The topological polar surface area (TPSA) is 72.2 Å². The molecule has 0 aromatic heterocycles. The lowest BCUT2D eigenvalue weighted by Crippen LogP contribution is -2.14. The average Bonchev–Trinajstić information content (AvgIpc) is 2.42. The quantitative estimate of drug-likeness (QED) is 0.838. The number of benzene rings is 2. The number of nitrogens with two attached hydrogens (primary N) is 1. The first-order valence-electron chi connectivity index (χ1n) is 6.11. The molecule has 0 amide bonds. The monoisotopic (exact) mass is 388 g/mol. The fraction of sp³-hybridized carbons (Fsp3) is 0.143. The Morgan fingerprint density at radius 3 is 2.57 bits per heavy atom. The van der Waals surface area contributed by atoms with E-state index in [4.69, 9.17) is 17.3 Å². The number of sulfonamides is 1. The first kappa shape index (κ1) is 16.3. The molecule has 112 valence electrons. The molecule has 0 aliphatic heterocycles. The van der Waals surface area contributed by atoms with Crippen LogP contribution in [-0.4, -0.2) is 8.42 Å². The van der Waals surface area contributed by atoms with E-state index in [9.17, 15) is 8.42 Å². The number of hydrogen-bond acceptors (Lipinski definition) is 3. The van der Waals surface area contributed by atoms with Gasteiger partial charge in [-0.2, -0.15) is 0 Å². The molecule has 0 heterocycles. The number of hydrogen-bond donors (Lipinski definition) is 2. The van der Waals surface area contributed by atoms with E-state index < -0.39 is 10.0 Å². The molecule has 7 heteroatoms. The Morgan fingerprint density at radius 2 is 1.95 bits per heavy atom. The van der Waals surface area contributed by atoms with Crippen molar-refractivity contribution in [2.75, 3.05) is 4.72 Å². The lowest BCUT2D eigenvalue weighted by molar-refractivity contribution is 0.600. The van der Waals surface area contributed by atoms with Gasteiger partial charge in [-0.1, -0.05) is 23.7 Å². The third kappa shape index (κ3) is 3.77. The molecule has 2 aromatic rings. The first-order chi connectivity index (χ1) is 9.83. The van der Waals surface area contributed by atoms with E-state index in [1.807, 2.05) is 0 Å². The van der Waals surface area contributed by atoms with Gasteiger partial charge in [0, 0.05) is 16.0 Å². The van der Waals surface area contributed by atoms with E-state index in [-0.39, 0.29) is 4.90 Å². The second-order valence-electron chi connectivity index (χ2n) is 4.53. The van der Waals surface area contributed by atoms with Crippen molar-refractivity contribution in [1.29, 1.82) is 0 Å². The molecule has 21 heavy (non-hydrogen) atoms. The minimum Gasteiger partial charge on any atom is -0.326 e. The van der Waals surface area contributed by atoms with Crippen LogP contribution in [0.1, 0.15) is 11.1 Å². The molecular weight excluding hydrogens is 376 g/mol. The summed E-state index contributed by atoms with van der Waals surface area (Å²) >= 11 is 9.17. The van der Waals surface area contributed by atoms with Gasteiger partial charge in [0.1, 0.15) is 4.90 Å². The average molecular weight is 390 g/mol. The van der Waals surface area contributed by atoms with Crippen LogP contribution in [0.15, 0.2) is 45.8 Å².